The topological polar surface area (TPSA) is 0 Å². The molecule has 0 radical (unpaired) electrons. The quantitative estimate of drug-likeness (QED) is 0.581. The minimum absolute atomic E-state index is 0.999. The molecule has 0 nitrogen and oxygen atoms in total. The molecule has 1 atom stereocenters. The zero-order valence-corrected chi connectivity index (χ0v) is 16.5. The van der Waals surface area contributed by atoms with Crippen molar-refractivity contribution in [3.8, 4) is 0 Å². The summed E-state index contributed by atoms with van der Waals surface area (Å²) in [6.45, 7) is 2.26. The number of allylic oxidation sites excluding steroid dienone is 1. The van der Waals surface area contributed by atoms with Gasteiger partial charge in [-0.3, -0.25) is 0 Å². The molecule has 0 bridgehead atoms. The summed E-state index contributed by atoms with van der Waals surface area (Å²) in [5.74, 6) is 0. The van der Waals surface area contributed by atoms with E-state index in [9.17, 15) is 0 Å². The van der Waals surface area contributed by atoms with Gasteiger partial charge in [-0.2, -0.15) is 0 Å². The van der Waals surface area contributed by atoms with Crippen molar-refractivity contribution >= 4 is 26.8 Å². The molecule has 24 heavy (non-hydrogen) atoms. The average Bonchev–Trinajstić information content (AvgIpc) is 2.64. The van der Waals surface area contributed by atoms with Gasteiger partial charge < -0.3 is 0 Å². The van der Waals surface area contributed by atoms with Gasteiger partial charge in [0, 0.05) is 0 Å². The van der Waals surface area contributed by atoms with Crippen LogP contribution in [0.25, 0.3) is 5.57 Å². The molecule has 0 saturated carbocycles. The normalized spacial score (nSPS) is 11.9. The molecule has 1 heteroatoms. The Morgan fingerprint density at radius 3 is 1.83 bits per heavy atom. The Morgan fingerprint density at radius 1 is 0.708 bits per heavy atom. The predicted molar refractivity (Wildman–Crippen MR) is 108 cm³/mol. The first-order valence-electron chi connectivity index (χ1n) is 8.45. The van der Waals surface area contributed by atoms with Gasteiger partial charge in [-0.05, 0) is 0 Å². The van der Waals surface area contributed by atoms with Gasteiger partial charge in [0.05, 0.1) is 0 Å². The molecule has 0 aliphatic rings. The molecule has 0 aliphatic carbocycles. The summed E-state index contributed by atoms with van der Waals surface area (Å²) in [5.41, 5.74) is 6.87. The van der Waals surface area contributed by atoms with Gasteiger partial charge >= 0.3 is 154 Å². The van der Waals surface area contributed by atoms with Crippen molar-refractivity contribution in [1.29, 1.82) is 0 Å². The molecule has 0 fully saturated rings. The van der Waals surface area contributed by atoms with Crippen molar-refractivity contribution < 1.29 is 0 Å². The molecular formula is C23H23As. The Balaban J connectivity index is 2.12. The third kappa shape index (κ3) is 4.07. The fourth-order valence-electron chi connectivity index (χ4n) is 3.06. The number of hydrogen-bond acceptors (Lipinski definition) is 0. The van der Waals surface area contributed by atoms with Crippen molar-refractivity contribution in [2.45, 2.75) is 19.8 Å². The minimum atomic E-state index is 0.999. The zero-order chi connectivity index (χ0) is 16.8. The Hall–Kier alpha value is -2.04. The Morgan fingerprint density at radius 2 is 1.25 bits per heavy atom. The molecule has 0 amide bonds. The van der Waals surface area contributed by atoms with E-state index in [2.05, 4.69) is 91.9 Å². The van der Waals surface area contributed by atoms with Gasteiger partial charge in [-0.15, -0.1) is 0 Å². The van der Waals surface area contributed by atoms with Crippen molar-refractivity contribution in [3.63, 3.8) is 0 Å². The second-order valence-corrected chi connectivity index (χ2v) is 7.38. The predicted octanol–water partition coefficient (Wildman–Crippen LogP) is 4.40. The average molecular weight is 374 g/mol. The molecule has 0 saturated heterocycles. The van der Waals surface area contributed by atoms with Crippen molar-refractivity contribution in [2.75, 3.05) is 0 Å². The molecule has 0 aromatic heterocycles. The molecule has 0 heterocycles. The fraction of sp³-hybridized carbons (Fsp3) is 0.130. The summed E-state index contributed by atoms with van der Waals surface area (Å²) in [6, 6.07) is 30.5. The monoisotopic (exact) mass is 374 g/mol. The van der Waals surface area contributed by atoms with E-state index in [4.69, 9.17) is 0 Å². The summed E-state index contributed by atoms with van der Waals surface area (Å²) in [6.07, 6.45) is 2.05. The van der Waals surface area contributed by atoms with Crippen LogP contribution in [0.2, 0.25) is 0 Å². The fourth-order valence-corrected chi connectivity index (χ4v) is 3.47. The standard InChI is InChI=1S/C23H23As/c1-2-19(17-18-9-5-3-6-10-18)23(20-11-7-4-8-12-20)21-13-15-22(24)16-14-21/h3-16H,2,17,24H2,1H3. The Bertz CT molecular complexity index is 800. The molecule has 3 aromatic carbocycles. The molecule has 0 spiro atoms. The second kappa shape index (κ2) is 8.17. The van der Waals surface area contributed by atoms with E-state index < -0.39 is 0 Å². The summed E-state index contributed by atoms with van der Waals surface area (Å²) < 4.78 is 1.36. The summed E-state index contributed by atoms with van der Waals surface area (Å²) in [7, 11) is 0. The van der Waals surface area contributed by atoms with E-state index in [-0.39, 0.29) is 0 Å². The maximum atomic E-state index is 2.26. The first kappa shape index (κ1) is 16.8. The van der Waals surface area contributed by atoms with Gasteiger partial charge in [0.25, 0.3) is 0 Å². The van der Waals surface area contributed by atoms with E-state index in [1.54, 1.807) is 16.9 Å². The van der Waals surface area contributed by atoms with Gasteiger partial charge in [0.15, 0.2) is 0 Å². The van der Waals surface area contributed by atoms with Gasteiger partial charge in [-0.1, -0.05) is 0 Å². The van der Waals surface area contributed by atoms with Crippen LogP contribution in [-0.4, -0.2) is 16.9 Å². The molecule has 3 rings (SSSR count). The molecule has 120 valence electrons. The van der Waals surface area contributed by atoms with Crippen LogP contribution in [0.5, 0.6) is 0 Å². The molecular weight excluding hydrogens is 351 g/mol. The maximum absolute atomic E-state index is 2.26. The van der Waals surface area contributed by atoms with Gasteiger partial charge in [0.1, 0.15) is 0 Å². The third-order valence-electron chi connectivity index (χ3n) is 4.30. The van der Waals surface area contributed by atoms with Gasteiger partial charge in [0.2, 0.25) is 0 Å². The second-order valence-electron chi connectivity index (χ2n) is 5.98. The number of rotatable bonds is 5. The van der Waals surface area contributed by atoms with Crippen LogP contribution in [0, 0.1) is 0 Å². The van der Waals surface area contributed by atoms with Crippen molar-refractivity contribution in [2.24, 2.45) is 0 Å². The SMILES string of the molecule is CCC(Cc1ccccc1)=C(c1ccccc1)c1ccc([AsH2])cc1. The van der Waals surface area contributed by atoms with E-state index in [1.807, 2.05) is 0 Å². The molecule has 0 aliphatic heterocycles. The van der Waals surface area contributed by atoms with Crippen LogP contribution in [0.4, 0.5) is 0 Å². The van der Waals surface area contributed by atoms with Crippen LogP contribution in [-0.2, 0) is 6.42 Å². The van der Waals surface area contributed by atoms with Crippen LogP contribution in [0.15, 0.2) is 90.5 Å². The van der Waals surface area contributed by atoms with Crippen LogP contribution in [0.1, 0.15) is 30.0 Å². The Labute approximate surface area is 153 Å². The van der Waals surface area contributed by atoms with E-state index in [0.29, 0.717) is 0 Å². The summed E-state index contributed by atoms with van der Waals surface area (Å²) in [4.78, 5) is 0. The van der Waals surface area contributed by atoms with E-state index in [1.165, 1.54) is 32.2 Å². The van der Waals surface area contributed by atoms with Crippen LogP contribution in [0.3, 0.4) is 0 Å². The Kier molecular flexibility index (Phi) is 5.72. The molecule has 0 N–H and O–H groups in total. The molecule has 1 unspecified atom stereocenters. The van der Waals surface area contributed by atoms with Crippen molar-refractivity contribution in [3.05, 3.63) is 107 Å². The number of benzene rings is 3. The summed E-state index contributed by atoms with van der Waals surface area (Å²) >= 11 is 1.67. The van der Waals surface area contributed by atoms with Crippen LogP contribution >= 0.6 is 0 Å². The zero-order valence-electron chi connectivity index (χ0n) is 14.1. The van der Waals surface area contributed by atoms with Crippen LogP contribution < -0.4 is 4.35 Å². The number of hydrogen-bond donors (Lipinski definition) is 0. The molecule has 3 aromatic rings. The first-order chi connectivity index (χ1) is 11.8. The summed E-state index contributed by atoms with van der Waals surface area (Å²) in [5, 5.41) is 0. The third-order valence-corrected chi connectivity index (χ3v) is 5.11. The van der Waals surface area contributed by atoms with E-state index in [0.717, 1.165) is 12.8 Å². The van der Waals surface area contributed by atoms with Gasteiger partial charge in [-0.25, -0.2) is 0 Å². The van der Waals surface area contributed by atoms with Crippen molar-refractivity contribution in [1.82, 2.24) is 0 Å². The first-order valence-corrected chi connectivity index (χ1v) is 9.66. The van der Waals surface area contributed by atoms with E-state index >= 15 is 0 Å².